The van der Waals surface area contributed by atoms with Crippen LogP contribution in [0, 0.1) is 0 Å². The minimum absolute atomic E-state index is 0.234. The van der Waals surface area contributed by atoms with Crippen LogP contribution in [0.2, 0.25) is 0 Å². The van der Waals surface area contributed by atoms with Crippen molar-refractivity contribution in [3.63, 3.8) is 0 Å². The smallest absolute Gasteiger partial charge is 0.142 e. The first-order valence-electron chi connectivity index (χ1n) is 11.0. The molecule has 0 radical (unpaired) electrons. The Kier molecular flexibility index (Phi) is 5.67. The summed E-state index contributed by atoms with van der Waals surface area (Å²) in [5.41, 5.74) is 6.40. The van der Waals surface area contributed by atoms with Gasteiger partial charge in [0.25, 0.3) is 0 Å². The molecule has 0 bridgehead atoms. The number of aliphatic hydroxyl groups is 1. The molecule has 5 heteroatoms. The predicted octanol–water partition coefficient (Wildman–Crippen LogP) is 3.61. The van der Waals surface area contributed by atoms with E-state index in [-0.39, 0.29) is 6.61 Å². The van der Waals surface area contributed by atoms with Gasteiger partial charge in [-0.15, -0.1) is 0 Å². The number of pyridine rings is 1. The highest BCUT2D eigenvalue weighted by atomic mass is 16.3. The second-order valence-electron chi connectivity index (χ2n) is 8.37. The molecule has 30 heavy (non-hydrogen) atoms. The zero-order chi connectivity index (χ0) is 20.3. The van der Waals surface area contributed by atoms with Gasteiger partial charge < -0.3 is 9.52 Å². The maximum atomic E-state index is 9.15. The summed E-state index contributed by atoms with van der Waals surface area (Å²) < 4.78 is 6.48. The SMILES string of the molecule is OCCN1CCN(Cc2cc(-c3ccncc3)c(-c3ccc4c(c3)CCC4)o2)CC1. The molecule has 1 fully saturated rings. The number of benzene rings is 1. The van der Waals surface area contributed by atoms with E-state index in [2.05, 4.69) is 51.2 Å². The molecule has 156 valence electrons. The van der Waals surface area contributed by atoms with Crippen LogP contribution in [0.3, 0.4) is 0 Å². The van der Waals surface area contributed by atoms with Crippen LogP contribution in [0.25, 0.3) is 22.5 Å². The summed E-state index contributed by atoms with van der Waals surface area (Å²) >= 11 is 0. The van der Waals surface area contributed by atoms with Gasteiger partial charge in [0.2, 0.25) is 0 Å². The van der Waals surface area contributed by atoms with Gasteiger partial charge in [0.15, 0.2) is 0 Å². The Balaban J connectivity index is 1.42. The normalized spacial score (nSPS) is 17.4. The van der Waals surface area contributed by atoms with E-state index in [1.165, 1.54) is 36.0 Å². The third-order valence-corrected chi connectivity index (χ3v) is 6.40. The van der Waals surface area contributed by atoms with Crippen molar-refractivity contribution in [2.45, 2.75) is 25.8 Å². The van der Waals surface area contributed by atoms with Crippen molar-refractivity contribution in [1.82, 2.24) is 14.8 Å². The Hall–Kier alpha value is -2.47. The minimum Gasteiger partial charge on any atom is -0.459 e. The Labute approximate surface area is 178 Å². The molecule has 0 amide bonds. The van der Waals surface area contributed by atoms with Crippen molar-refractivity contribution < 1.29 is 9.52 Å². The monoisotopic (exact) mass is 403 g/mol. The van der Waals surface area contributed by atoms with Gasteiger partial charge in [-0.05, 0) is 60.2 Å². The van der Waals surface area contributed by atoms with Crippen LogP contribution in [0.4, 0.5) is 0 Å². The van der Waals surface area contributed by atoms with Crippen LogP contribution in [-0.4, -0.2) is 59.2 Å². The number of aryl methyl sites for hydroxylation is 2. The molecule has 1 N–H and O–H groups in total. The van der Waals surface area contributed by atoms with Crippen molar-refractivity contribution >= 4 is 0 Å². The Morgan fingerprint density at radius 1 is 0.867 bits per heavy atom. The van der Waals surface area contributed by atoms with Crippen LogP contribution >= 0.6 is 0 Å². The quantitative estimate of drug-likeness (QED) is 0.681. The van der Waals surface area contributed by atoms with Gasteiger partial charge in [0, 0.05) is 56.2 Å². The van der Waals surface area contributed by atoms with Gasteiger partial charge in [-0.3, -0.25) is 14.8 Å². The number of aromatic nitrogens is 1. The first-order chi connectivity index (χ1) is 14.8. The molecule has 3 aromatic rings. The molecule has 0 saturated carbocycles. The third-order valence-electron chi connectivity index (χ3n) is 6.40. The van der Waals surface area contributed by atoms with Crippen molar-refractivity contribution in [1.29, 1.82) is 0 Å². The highest BCUT2D eigenvalue weighted by Crippen LogP contribution is 2.37. The topological polar surface area (TPSA) is 52.7 Å². The summed E-state index contributed by atoms with van der Waals surface area (Å²) in [6, 6.07) is 13.1. The number of furan rings is 1. The predicted molar refractivity (Wildman–Crippen MR) is 118 cm³/mol. The number of piperazine rings is 1. The third kappa shape index (κ3) is 4.06. The van der Waals surface area contributed by atoms with Gasteiger partial charge in [-0.25, -0.2) is 0 Å². The Morgan fingerprint density at radius 2 is 1.63 bits per heavy atom. The number of nitrogens with zero attached hydrogens (tertiary/aromatic N) is 3. The van der Waals surface area contributed by atoms with Gasteiger partial charge in [0.05, 0.1) is 13.2 Å². The molecular weight excluding hydrogens is 374 g/mol. The molecule has 5 rings (SSSR count). The molecule has 1 aromatic carbocycles. The van der Waals surface area contributed by atoms with Crippen LogP contribution in [-0.2, 0) is 19.4 Å². The molecule has 0 unspecified atom stereocenters. The van der Waals surface area contributed by atoms with Gasteiger partial charge in [-0.1, -0.05) is 12.1 Å². The van der Waals surface area contributed by atoms with E-state index in [1.807, 2.05) is 12.4 Å². The maximum Gasteiger partial charge on any atom is 0.142 e. The van der Waals surface area contributed by atoms with Crippen molar-refractivity contribution in [2.75, 3.05) is 39.3 Å². The minimum atomic E-state index is 0.234. The van der Waals surface area contributed by atoms with E-state index < -0.39 is 0 Å². The van der Waals surface area contributed by atoms with E-state index >= 15 is 0 Å². The number of rotatable bonds is 6. The first kappa shape index (κ1) is 19.5. The summed E-state index contributed by atoms with van der Waals surface area (Å²) in [4.78, 5) is 8.94. The largest absolute Gasteiger partial charge is 0.459 e. The van der Waals surface area contributed by atoms with E-state index in [0.29, 0.717) is 0 Å². The number of β-amino-alcohol motifs (C(OH)–C–C–N with tert-alkyl or cyclic N) is 1. The van der Waals surface area contributed by atoms with Gasteiger partial charge in [-0.2, -0.15) is 0 Å². The van der Waals surface area contributed by atoms with E-state index in [4.69, 9.17) is 9.52 Å². The fraction of sp³-hybridized carbons (Fsp3) is 0.400. The average Bonchev–Trinajstić information content (AvgIpc) is 3.42. The molecule has 0 atom stereocenters. The van der Waals surface area contributed by atoms with Gasteiger partial charge in [0.1, 0.15) is 11.5 Å². The van der Waals surface area contributed by atoms with Crippen molar-refractivity contribution in [3.05, 3.63) is 65.7 Å². The number of fused-ring (bicyclic) bond motifs is 1. The number of hydrogen-bond acceptors (Lipinski definition) is 5. The molecule has 5 nitrogen and oxygen atoms in total. The van der Waals surface area contributed by atoms with Crippen LogP contribution < -0.4 is 0 Å². The average molecular weight is 404 g/mol. The zero-order valence-corrected chi connectivity index (χ0v) is 17.4. The number of hydrogen-bond donors (Lipinski definition) is 1. The first-order valence-corrected chi connectivity index (χ1v) is 11.0. The van der Waals surface area contributed by atoms with Crippen LogP contribution in [0.1, 0.15) is 23.3 Å². The molecule has 1 aliphatic carbocycles. The number of aliphatic hydroxyl groups excluding tert-OH is 1. The summed E-state index contributed by atoms with van der Waals surface area (Å²) in [7, 11) is 0. The van der Waals surface area contributed by atoms with Crippen LogP contribution in [0.15, 0.2) is 53.2 Å². The highest BCUT2D eigenvalue weighted by Gasteiger charge is 2.21. The van der Waals surface area contributed by atoms with Crippen molar-refractivity contribution in [2.24, 2.45) is 0 Å². The van der Waals surface area contributed by atoms with Gasteiger partial charge >= 0.3 is 0 Å². The lowest BCUT2D eigenvalue weighted by Gasteiger charge is -2.33. The molecule has 1 saturated heterocycles. The summed E-state index contributed by atoms with van der Waals surface area (Å²) in [5, 5.41) is 9.15. The fourth-order valence-corrected chi connectivity index (χ4v) is 4.73. The Bertz CT molecular complexity index is 991. The second-order valence-corrected chi connectivity index (χ2v) is 8.37. The van der Waals surface area contributed by atoms with Crippen molar-refractivity contribution in [3.8, 4) is 22.5 Å². The molecule has 0 spiro atoms. The standard InChI is InChI=1S/C25H29N3O2/c29-15-14-27-10-12-28(13-11-27)18-23-17-24(20-6-8-26-9-7-20)25(30-23)22-5-4-19-2-1-3-21(19)16-22/h4-9,16-17,29H,1-3,10-15,18H2. The van der Waals surface area contributed by atoms with Crippen LogP contribution in [0.5, 0.6) is 0 Å². The van der Waals surface area contributed by atoms with E-state index in [1.54, 1.807) is 0 Å². The lowest BCUT2D eigenvalue weighted by Crippen LogP contribution is -2.46. The lowest BCUT2D eigenvalue weighted by molar-refractivity contribution is 0.104. The van der Waals surface area contributed by atoms with E-state index in [0.717, 1.165) is 61.9 Å². The zero-order valence-electron chi connectivity index (χ0n) is 17.4. The molecule has 2 aliphatic rings. The molecule has 3 heterocycles. The molecule has 1 aliphatic heterocycles. The summed E-state index contributed by atoms with van der Waals surface area (Å²) in [5.74, 6) is 1.97. The maximum absolute atomic E-state index is 9.15. The fourth-order valence-electron chi connectivity index (χ4n) is 4.73. The highest BCUT2D eigenvalue weighted by molar-refractivity contribution is 5.80. The summed E-state index contributed by atoms with van der Waals surface area (Å²) in [6.07, 6.45) is 7.29. The Morgan fingerprint density at radius 3 is 2.43 bits per heavy atom. The summed E-state index contributed by atoms with van der Waals surface area (Å²) in [6.45, 7) is 5.81. The molecular formula is C25H29N3O2. The lowest BCUT2D eigenvalue weighted by atomic mass is 10.00. The van der Waals surface area contributed by atoms with E-state index in [9.17, 15) is 0 Å². The second kappa shape index (κ2) is 8.72. The molecule has 2 aromatic heterocycles.